The van der Waals surface area contributed by atoms with Crippen molar-refractivity contribution in [3.05, 3.63) is 0 Å². The standard InChI is InChI=1S/C13H25F3O/c1-3-4-5-6-7-8-9-10-12(2,17)11-13(14,15)16/h17H,3-11H2,1-2H3. The first kappa shape index (κ1) is 16.8. The largest absolute Gasteiger partial charge is 0.391 e. The van der Waals surface area contributed by atoms with Crippen molar-refractivity contribution in [2.75, 3.05) is 0 Å². The zero-order valence-electron chi connectivity index (χ0n) is 10.9. The summed E-state index contributed by atoms with van der Waals surface area (Å²) in [7, 11) is 0. The molecule has 1 N–H and O–H groups in total. The number of aliphatic hydroxyl groups is 1. The molecule has 0 saturated heterocycles. The van der Waals surface area contributed by atoms with Crippen LogP contribution in [0, 0.1) is 0 Å². The maximum Gasteiger partial charge on any atom is 0.391 e. The molecule has 17 heavy (non-hydrogen) atoms. The lowest BCUT2D eigenvalue weighted by Gasteiger charge is -2.24. The van der Waals surface area contributed by atoms with E-state index in [9.17, 15) is 18.3 Å². The van der Waals surface area contributed by atoms with Crippen molar-refractivity contribution in [3.8, 4) is 0 Å². The Hall–Kier alpha value is -0.250. The molecule has 0 saturated carbocycles. The number of halogens is 3. The van der Waals surface area contributed by atoms with E-state index in [1.54, 1.807) is 0 Å². The van der Waals surface area contributed by atoms with E-state index in [2.05, 4.69) is 6.92 Å². The maximum atomic E-state index is 12.1. The lowest BCUT2D eigenvalue weighted by Crippen LogP contribution is -2.31. The zero-order chi connectivity index (χ0) is 13.4. The summed E-state index contributed by atoms with van der Waals surface area (Å²) in [6.45, 7) is 3.42. The summed E-state index contributed by atoms with van der Waals surface area (Å²) in [5.74, 6) is 0. The molecule has 1 nitrogen and oxygen atoms in total. The van der Waals surface area contributed by atoms with Gasteiger partial charge in [-0.2, -0.15) is 13.2 Å². The Morgan fingerprint density at radius 2 is 1.35 bits per heavy atom. The fraction of sp³-hybridized carbons (Fsp3) is 1.00. The van der Waals surface area contributed by atoms with Gasteiger partial charge in [0.1, 0.15) is 0 Å². The van der Waals surface area contributed by atoms with Crippen LogP contribution < -0.4 is 0 Å². The maximum absolute atomic E-state index is 12.1. The minimum absolute atomic E-state index is 0.236. The number of rotatable bonds is 9. The van der Waals surface area contributed by atoms with Crippen molar-refractivity contribution >= 4 is 0 Å². The Labute approximate surface area is 102 Å². The minimum atomic E-state index is -4.27. The van der Waals surface area contributed by atoms with Crippen LogP contribution in [-0.4, -0.2) is 16.9 Å². The molecule has 1 unspecified atom stereocenters. The highest BCUT2D eigenvalue weighted by atomic mass is 19.4. The molecule has 0 aliphatic carbocycles. The van der Waals surface area contributed by atoms with Gasteiger partial charge in [0.25, 0.3) is 0 Å². The van der Waals surface area contributed by atoms with Crippen LogP contribution in [0.2, 0.25) is 0 Å². The van der Waals surface area contributed by atoms with Crippen LogP contribution in [0.3, 0.4) is 0 Å². The van der Waals surface area contributed by atoms with Crippen molar-refractivity contribution in [2.45, 2.75) is 83.4 Å². The van der Waals surface area contributed by atoms with E-state index in [4.69, 9.17) is 0 Å². The fourth-order valence-corrected chi connectivity index (χ4v) is 1.98. The summed E-state index contributed by atoms with van der Waals surface area (Å²) >= 11 is 0. The van der Waals surface area contributed by atoms with E-state index in [1.165, 1.54) is 26.2 Å². The average molecular weight is 254 g/mol. The number of unbranched alkanes of at least 4 members (excludes halogenated alkanes) is 6. The molecule has 0 aromatic carbocycles. The summed E-state index contributed by atoms with van der Waals surface area (Å²) in [5, 5.41) is 9.57. The van der Waals surface area contributed by atoms with Gasteiger partial charge in [-0.1, -0.05) is 51.9 Å². The molecule has 0 amide bonds. The summed E-state index contributed by atoms with van der Waals surface area (Å²) < 4.78 is 36.3. The van der Waals surface area contributed by atoms with E-state index in [0.717, 1.165) is 19.3 Å². The van der Waals surface area contributed by atoms with Crippen LogP contribution in [0.4, 0.5) is 13.2 Å². The monoisotopic (exact) mass is 254 g/mol. The summed E-state index contributed by atoms with van der Waals surface area (Å²) in [6.07, 6.45) is 2.28. The lowest BCUT2D eigenvalue weighted by molar-refractivity contribution is -0.173. The number of alkyl halides is 3. The highest BCUT2D eigenvalue weighted by Crippen LogP contribution is 2.30. The zero-order valence-corrected chi connectivity index (χ0v) is 10.9. The highest BCUT2D eigenvalue weighted by molar-refractivity contribution is 4.76. The first-order valence-electron chi connectivity index (χ1n) is 6.56. The molecule has 0 spiro atoms. The van der Waals surface area contributed by atoms with Gasteiger partial charge in [-0.25, -0.2) is 0 Å². The normalized spacial score (nSPS) is 15.9. The molecule has 0 aromatic heterocycles. The van der Waals surface area contributed by atoms with Crippen LogP contribution >= 0.6 is 0 Å². The summed E-state index contributed by atoms with van der Waals surface area (Å²) in [5.41, 5.74) is -1.60. The first-order chi connectivity index (χ1) is 7.77. The third kappa shape index (κ3) is 12.0. The third-order valence-corrected chi connectivity index (χ3v) is 2.90. The van der Waals surface area contributed by atoms with Crippen LogP contribution in [-0.2, 0) is 0 Å². The number of hydrogen-bond donors (Lipinski definition) is 1. The van der Waals surface area contributed by atoms with Gasteiger partial charge >= 0.3 is 6.18 Å². The van der Waals surface area contributed by atoms with E-state index in [0.29, 0.717) is 6.42 Å². The Balaban J connectivity index is 3.52. The Kier molecular flexibility index (Phi) is 7.84. The molecule has 0 rings (SSSR count). The van der Waals surface area contributed by atoms with Gasteiger partial charge in [0.15, 0.2) is 0 Å². The van der Waals surface area contributed by atoms with E-state index < -0.39 is 18.2 Å². The second kappa shape index (κ2) is 7.96. The number of hydrogen-bond acceptors (Lipinski definition) is 1. The van der Waals surface area contributed by atoms with Crippen molar-refractivity contribution in [3.63, 3.8) is 0 Å². The van der Waals surface area contributed by atoms with Crippen LogP contribution in [0.25, 0.3) is 0 Å². The molecule has 1 atom stereocenters. The molecule has 0 aromatic rings. The van der Waals surface area contributed by atoms with E-state index in [-0.39, 0.29) is 6.42 Å². The van der Waals surface area contributed by atoms with Crippen molar-refractivity contribution < 1.29 is 18.3 Å². The van der Waals surface area contributed by atoms with Crippen LogP contribution in [0.15, 0.2) is 0 Å². The minimum Gasteiger partial charge on any atom is -0.390 e. The van der Waals surface area contributed by atoms with Crippen LogP contribution in [0.5, 0.6) is 0 Å². The highest BCUT2D eigenvalue weighted by Gasteiger charge is 2.37. The molecule has 0 aliphatic rings. The summed E-state index contributed by atoms with van der Waals surface area (Å²) in [4.78, 5) is 0. The Morgan fingerprint density at radius 3 is 1.82 bits per heavy atom. The third-order valence-electron chi connectivity index (χ3n) is 2.90. The molecular weight excluding hydrogens is 229 g/mol. The molecule has 0 aliphatic heterocycles. The fourth-order valence-electron chi connectivity index (χ4n) is 1.98. The van der Waals surface area contributed by atoms with Crippen molar-refractivity contribution in [2.24, 2.45) is 0 Å². The smallest absolute Gasteiger partial charge is 0.390 e. The predicted octanol–water partition coefficient (Wildman–Crippen LogP) is 4.83. The van der Waals surface area contributed by atoms with E-state index >= 15 is 0 Å². The predicted molar refractivity (Wildman–Crippen MR) is 63.9 cm³/mol. The van der Waals surface area contributed by atoms with Gasteiger partial charge in [0, 0.05) is 0 Å². The molecule has 0 bridgehead atoms. The molecule has 4 heteroatoms. The Morgan fingerprint density at radius 1 is 0.882 bits per heavy atom. The molecular formula is C13H25F3O. The molecule has 0 fully saturated rings. The topological polar surface area (TPSA) is 20.2 Å². The van der Waals surface area contributed by atoms with Gasteiger partial charge in [0.2, 0.25) is 0 Å². The van der Waals surface area contributed by atoms with Gasteiger partial charge < -0.3 is 5.11 Å². The van der Waals surface area contributed by atoms with Crippen LogP contribution in [0.1, 0.15) is 71.6 Å². The lowest BCUT2D eigenvalue weighted by atomic mass is 9.94. The second-order valence-electron chi connectivity index (χ2n) is 5.16. The Bertz CT molecular complexity index is 188. The molecule has 104 valence electrons. The van der Waals surface area contributed by atoms with E-state index in [1.807, 2.05) is 0 Å². The summed E-state index contributed by atoms with van der Waals surface area (Å²) in [6, 6.07) is 0. The second-order valence-corrected chi connectivity index (χ2v) is 5.16. The van der Waals surface area contributed by atoms with Gasteiger partial charge in [-0.05, 0) is 13.3 Å². The van der Waals surface area contributed by atoms with Gasteiger partial charge in [0.05, 0.1) is 12.0 Å². The van der Waals surface area contributed by atoms with Crippen molar-refractivity contribution in [1.82, 2.24) is 0 Å². The molecule has 0 radical (unpaired) electrons. The first-order valence-corrected chi connectivity index (χ1v) is 6.56. The molecule has 0 heterocycles. The quantitative estimate of drug-likeness (QED) is 0.584. The van der Waals surface area contributed by atoms with Gasteiger partial charge in [-0.15, -0.1) is 0 Å². The van der Waals surface area contributed by atoms with Crippen molar-refractivity contribution in [1.29, 1.82) is 0 Å². The average Bonchev–Trinajstić information content (AvgIpc) is 2.12. The van der Waals surface area contributed by atoms with Gasteiger partial charge in [-0.3, -0.25) is 0 Å². The SMILES string of the molecule is CCCCCCCCCC(C)(O)CC(F)(F)F.